The third-order valence-corrected chi connectivity index (χ3v) is 3.44. The number of pyridine rings is 1. The number of hydrogen-bond donors (Lipinski definition) is 1. The largest absolute Gasteiger partial charge is 0.395 e. The molecule has 2 rings (SSSR count). The third-order valence-electron chi connectivity index (χ3n) is 3.44. The van der Waals surface area contributed by atoms with Gasteiger partial charge in [-0.3, -0.25) is 14.8 Å². The van der Waals surface area contributed by atoms with E-state index in [1.165, 1.54) is 6.42 Å². The van der Waals surface area contributed by atoms with Crippen molar-refractivity contribution in [3.8, 4) is 0 Å². The van der Waals surface area contributed by atoms with Gasteiger partial charge in [-0.05, 0) is 25.6 Å². The van der Waals surface area contributed by atoms with Crippen LogP contribution < -0.4 is 0 Å². The van der Waals surface area contributed by atoms with Gasteiger partial charge in [0.15, 0.2) is 0 Å². The lowest BCUT2D eigenvalue weighted by molar-refractivity contribution is 0.177. The van der Waals surface area contributed by atoms with Gasteiger partial charge in [-0.1, -0.05) is 6.07 Å². The molecule has 1 saturated heterocycles. The molecule has 94 valence electrons. The minimum atomic E-state index is 0.243. The molecule has 2 heterocycles. The molecule has 0 aliphatic carbocycles. The summed E-state index contributed by atoms with van der Waals surface area (Å²) in [7, 11) is 2.09. The molecule has 1 N–H and O–H groups in total. The van der Waals surface area contributed by atoms with Gasteiger partial charge in [0.2, 0.25) is 0 Å². The average Bonchev–Trinajstić information content (AvgIpc) is 2.79. The van der Waals surface area contributed by atoms with E-state index in [2.05, 4.69) is 27.9 Å². The van der Waals surface area contributed by atoms with Crippen LogP contribution in [0, 0.1) is 0 Å². The van der Waals surface area contributed by atoms with Crippen LogP contribution in [0.4, 0.5) is 0 Å². The molecule has 1 atom stereocenters. The van der Waals surface area contributed by atoms with Gasteiger partial charge in [0.1, 0.15) is 0 Å². The lowest BCUT2D eigenvalue weighted by Gasteiger charge is -2.23. The van der Waals surface area contributed by atoms with E-state index in [1.54, 1.807) is 0 Å². The van der Waals surface area contributed by atoms with E-state index in [1.807, 2.05) is 18.3 Å². The first-order valence-corrected chi connectivity index (χ1v) is 6.23. The molecular formula is C13H21N3O. The Morgan fingerprint density at radius 2 is 2.41 bits per heavy atom. The molecule has 1 unspecified atom stereocenters. The molecule has 1 aliphatic rings. The maximum Gasteiger partial charge on any atom is 0.0558 e. The first kappa shape index (κ1) is 12.5. The van der Waals surface area contributed by atoms with Crippen LogP contribution in [0.1, 0.15) is 12.1 Å². The van der Waals surface area contributed by atoms with Crippen molar-refractivity contribution < 1.29 is 5.11 Å². The molecule has 0 aromatic carbocycles. The summed E-state index contributed by atoms with van der Waals surface area (Å²) < 4.78 is 0. The second-order valence-electron chi connectivity index (χ2n) is 4.70. The van der Waals surface area contributed by atoms with Gasteiger partial charge in [-0.25, -0.2) is 0 Å². The predicted octanol–water partition coefficient (Wildman–Crippen LogP) is 0.580. The Labute approximate surface area is 103 Å². The third kappa shape index (κ3) is 3.49. The van der Waals surface area contributed by atoms with Crippen molar-refractivity contribution in [1.82, 2.24) is 14.8 Å². The Bertz CT molecular complexity index is 331. The molecule has 1 aliphatic heterocycles. The van der Waals surface area contributed by atoms with Gasteiger partial charge in [0.05, 0.1) is 12.3 Å². The fourth-order valence-electron chi connectivity index (χ4n) is 2.38. The lowest BCUT2D eigenvalue weighted by Crippen LogP contribution is -2.36. The highest BCUT2D eigenvalue weighted by Crippen LogP contribution is 2.16. The molecule has 1 aromatic heterocycles. The molecule has 0 radical (unpaired) electrons. The normalized spacial score (nSPS) is 21.2. The Morgan fingerprint density at radius 3 is 3.12 bits per heavy atom. The number of aliphatic hydroxyl groups excluding tert-OH is 1. The smallest absolute Gasteiger partial charge is 0.0558 e. The molecule has 17 heavy (non-hydrogen) atoms. The highest BCUT2D eigenvalue weighted by molar-refractivity contribution is 5.03. The summed E-state index contributed by atoms with van der Waals surface area (Å²) in [6, 6.07) is 6.63. The Morgan fingerprint density at radius 1 is 1.53 bits per heavy atom. The van der Waals surface area contributed by atoms with Crippen molar-refractivity contribution in [2.75, 3.05) is 33.3 Å². The van der Waals surface area contributed by atoms with Crippen LogP contribution in [-0.2, 0) is 6.54 Å². The van der Waals surface area contributed by atoms with E-state index in [-0.39, 0.29) is 6.61 Å². The molecule has 0 bridgehead atoms. The maximum absolute atomic E-state index is 8.93. The van der Waals surface area contributed by atoms with Crippen molar-refractivity contribution in [2.24, 2.45) is 0 Å². The van der Waals surface area contributed by atoms with Crippen molar-refractivity contribution in [3.05, 3.63) is 30.1 Å². The number of aliphatic hydroxyl groups is 1. The van der Waals surface area contributed by atoms with Crippen molar-refractivity contribution >= 4 is 0 Å². The van der Waals surface area contributed by atoms with E-state index >= 15 is 0 Å². The maximum atomic E-state index is 8.93. The minimum absolute atomic E-state index is 0.243. The second-order valence-corrected chi connectivity index (χ2v) is 4.70. The molecule has 1 aromatic rings. The zero-order valence-corrected chi connectivity index (χ0v) is 10.4. The standard InChI is InChI=1S/C13H21N3O/c1-15(8-9-17)13-5-7-16(11-13)10-12-4-2-3-6-14-12/h2-4,6,13,17H,5,7-11H2,1H3. The Hall–Kier alpha value is -0.970. The predicted molar refractivity (Wildman–Crippen MR) is 67.6 cm³/mol. The van der Waals surface area contributed by atoms with Gasteiger partial charge in [-0.15, -0.1) is 0 Å². The van der Waals surface area contributed by atoms with E-state index < -0.39 is 0 Å². The summed E-state index contributed by atoms with van der Waals surface area (Å²) in [5, 5.41) is 8.93. The summed E-state index contributed by atoms with van der Waals surface area (Å²) in [5.41, 5.74) is 1.14. The highest BCUT2D eigenvalue weighted by Gasteiger charge is 2.25. The van der Waals surface area contributed by atoms with Crippen LogP contribution in [0.5, 0.6) is 0 Å². The van der Waals surface area contributed by atoms with Gasteiger partial charge in [-0.2, -0.15) is 0 Å². The summed E-state index contributed by atoms with van der Waals surface area (Å²) in [5.74, 6) is 0. The number of nitrogens with zero attached hydrogens (tertiary/aromatic N) is 3. The molecule has 0 saturated carbocycles. The Balaban J connectivity index is 1.82. The summed E-state index contributed by atoms with van der Waals surface area (Å²) >= 11 is 0. The second kappa shape index (κ2) is 6.10. The highest BCUT2D eigenvalue weighted by atomic mass is 16.3. The number of likely N-dealkylation sites (tertiary alicyclic amines) is 1. The molecule has 4 heteroatoms. The van der Waals surface area contributed by atoms with Gasteiger partial charge < -0.3 is 5.11 Å². The lowest BCUT2D eigenvalue weighted by atomic mass is 10.2. The Kier molecular flexibility index (Phi) is 4.48. The first-order chi connectivity index (χ1) is 8.29. The molecule has 0 amide bonds. The fraction of sp³-hybridized carbons (Fsp3) is 0.615. The molecular weight excluding hydrogens is 214 g/mol. The number of likely N-dealkylation sites (N-methyl/N-ethyl adjacent to an activating group) is 1. The monoisotopic (exact) mass is 235 g/mol. The molecule has 1 fully saturated rings. The van der Waals surface area contributed by atoms with Crippen LogP contribution in [0.25, 0.3) is 0 Å². The van der Waals surface area contributed by atoms with Gasteiger partial charge in [0.25, 0.3) is 0 Å². The number of rotatable bonds is 5. The SMILES string of the molecule is CN(CCO)C1CCN(Cc2ccccn2)C1. The quantitative estimate of drug-likeness (QED) is 0.810. The van der Waals surface area contributed by atoms with Crippen molar-refractivity contribution in [1.29, 1.82) is 0 Å². The number of aromatic nitrogens is 1. The summed E-state index contributed by atoms with van der Waals surface area (Å²) in [6.45, 7) is 4.14. The fourth-order valence-corrected chi connectivity index (χ4v) is 2.38. The van der Waals surface area contributed by atoms with E-state index in [0.717, 1.165) is 31.9 Å². The van der Waals surface area contributed by atoms with Crippen LogP contribution in [-0.4, -0.2) is 59.2 Å². The zero-order valence-electron chi connectivity index (χ0n) is 10.4. The zero-order chi connectivity index (χ0) is 12.1. The van der Waals surface area contributed by atoms with E-state index in [4.69, 9.17) is 5.11 Å². The van der Waals surface area contributed by atoms with Crippen LogP contribution in [0.2, 0.25) is 0 Å². The van der Waals surface area contributed by atoms with Gasteiger partial charge in [0, 0.05) is 38.4 Å². The summed E-state index contributed by atoms with van der Waals surface area (Å²) in [4.78, 5) is 9.03. The van der Waals surface area contributed by atoms with E-state index in [9.17, 15) is 0 Å². The molecule has 0 spiro atoms. The van der Waals surface area contributed by atoms with Crippen LogP contribution >= 0.6 is 0 Å². The first-order valence-electron chi connectivity index (χ1n) is 6.23. The van der Waals surface area contributed by atoms with Gasteiger partial charge >= 0.3 is 0 Å². The van der Waals surface area contributed by atoms with Crippen molar-refractivity contribution in [3.63, 3.8) is 0 Å². The molecule has 4 nitrogen and oxygen atoms in total. The average molecular weight is 235 g/mol. The van der Waals surface area contributed by atoms with Crippen LogP contribution in [0.15, 0.2) is 24.4 Å². The van der Waals surface area contributed by atoms with Crippen molar-refractivity contribution in [2.45, 2.75) is 19.0 Å². The number of hydrogen-bond acceptors (Lipinski definition) is 4. The van der Waals surface area contributed by atoms with E-state index in [0.29, 0.717) is 6.04 Å². The summed E-state index contributed by atoms with van der Waals surface area (Å²) in [6.07, 6.45) is 3.03. The minimum Gasteiger partial charge on any atom is -0.395 e. The van der Waals surface area contributed by atoms with Crippen LogP contribution in [0.3, 0.4) is 0 Å². The topological polar surface area (TPSA) is 39.6 Å².